The summed E-state index contributed by atoms with van der Waals surface area (Å²) in [5, 5.41) is 0. The molecule has 0 aliphatic heterocycles. The van der Waals surface area contributed by atoms with Crippen molar-refractivity contribution in [2.45, 2.75) is 41.5 Å². The molecule has 0 bridgehead atoms. The zero-order valence-electron chi connectivity index (χ0n) is 17.2. The van der Waals surface area contributed by atoms with Crippen LogP contribution in [0.1, 0.15) is 41.5 Å². The van der Waals surface area contributed by atoms with Crippen LogP contribution in [0.15, 0.2) is 0 Å². The van der Waals surface area contributed by atoms with Crippen molar-refractivity contribution >= 4 is 15.8 Å². The second kappa shape index (κ2) is 71.8. The average molecular weight is 619 g/mol. The minimum absolute atomic E-state index is 0. The van der Waals surface area contributed by atoms with Crippen LogP contribution in [0.5, 0.6) is 0 Å². The Hall–Kier alpha value is -0.575. The zero-order valence-corrected chi connectivity index (χ0v) is 22.4. The van der Waals surface area contributed by atoms with Crippen LogP contribution in [0.2, 0.25) is 0 Å². The fourth-order valence-corrected chi connectivity index (χ4v) is 4.50. The van der Waals surface area contributed by atoms with E-state index in [4.69, 9.17) is 44.2 Å². The molecule has 0 aromatic heterocycles. The van der Waals surface area contributed by atoms with Crippen LogP contribution in [-0.4, -0.2) is 37.0 Å². The smallest absolute Gasteiger partial charge is 0.373 e. The summed E-state index contributed by atoms with van der Waals surface area (Å²) in [6, 6.07) is 0. The van der Waals surface area contributed by atoms with Gasteiger partial charge < -0.3 is 44.2 Å². The molecule has 0 amide bonds. The van der Waals surface area contributed by atoms with Crippen LogP contribution in [0.3, 0.4) is 0 Å². The summed E-state index contributed by atoms with van der Waals surface area (Å²) in [5.41, 5.74) is 54.0. The summed E-state index contributed by atoms with van der Waals surface area (Å²) in [6.45, 7) is 13.8. The molecule has 0 N–H and O–H groups in total. The summed E-state index contributed by atoms with van der Waals surface area (Å²) in [6.07, 6.45) is 8.74. The third kappa shape index (κ3) is 116. The van der Waals surface area contributed by atoms with Crippen LogP contribution in [0, 0.1) is 0 Å². The molecule has 16 heteroatoms. The van der Waals surface area contributed by atoms with Crippen LogP contribution < -0.4 is 0 Å². The van der Waals surface area contributed by atoms with Crippen molar-refractivity contribution in [3.63, 3.8) is 0 Å². The Morgan fingerprint density at radius 2 is 0.464 bits per heavy atom. The minimum atomic E-state index is 0. The Morgan fingerprint density at radius 1 is 0.393 bits per heavy atom. The fourth-order valence-electron chi connectivity index (χ4n) is 1.50. The third-order valence-corrected chi connectivity index (χ3v) is 9.00. The van der Waals surface area contributed by atoms with Crippen molar-refractivity contribution in [2.24, 2.45) is 0 Å². The van der Waals surface area contributed by atoms with E-state index < -0.39 is 0 Å². The predicted molar refractivity (Wildman–Crippen MR) is 120 cm³/mol. The van der Waals surface area contributed by atoms with Gasteiger partial charge >= 0.3 is 40.8 Å². The molecule has 0 aliphatic rings. The van der Waals surface area contributed by atoms with E-state index in [0.29, 0.717) is 0 Å². The van der Waals surface area contributed by atoms with E-state index in [1.54, 1.807) is 0 Å². The van der Waals surface area contributed by atoms with E-state index in [-0.39, 0.29) is 56.7 Å². The quantitative estimate of drug-likeness (QED) is 0.0904. The Kier molecular flexibility index (Phi) is 130. The molecule has 0 spiro atoms. The first-order chi connectivity index (χ1) is 12.3. The van der Waals surface area contributed by atoms with E-state index in [1.807, 2.05) is 0 Å². The number of nitrogens with zero attached hydrogens (tertiary/aromatic N) is 12. The fraction of sp³-hybridized carbons (Fsp3) is 1.00. The van der Waals surface area contributed by atoms with Gasteiger partial charge in [-0.3, -0.25) is 19.6 Å². The molecule has 0 rings (SSSR count). The number of hydrogen-bond acceptors (Lipinski definition) is 0. The van der Waals surface area contributed by atoms with Crippen LogP contribution >= 0.6 is 15.8 Å². The Balaban J connectivity index is -0.0000000297. The first-order valence-corrected chi connectivity index (χ1v) is 12.2. The molecule has 0 unspecified atom stereocenters. The van der Waals surface area contributed by atoms with Gasteiger partial charge in [0, 0.05) is 0 Å². The van der Waals surface area contributed by atoms with Crippen molar-refractivity contribution in [3.8, 4) is 0 Å². The molecular weight excluding hydrogens is 587 g/mol. The van der Waals surface area contributed by atoms with Gasteiger partial charge in [-0.15, -0.1) is 0 Å². The second-order valence-corrected chi connectivity index (χ2v) is 11.2. The molecule has 0 heterocycles. The molecule has 0 aliphatic carbocycles. The van der Waals surface area contributed by atoms with Gasteiger partial charge in [0.2, 0.25) is 0 Å². The number of hydrogen-bond donors (Lipinski definition) is 0. The van der Waals surface area contributed by atoms with Gasteiger partial charge in [-0.1, -0.05) is 0 Å². The first-order valence-electron chi connectivity index (χ1n) is 7.96. The minimum Gasteiger partial charge on any atom is -0.373 e. The van der Waals surface area contributed by atoms with Crippen molar-refractivity contribution in [1.29, 1.82) is 0 Å². The maximum absolute atomic E-state index is 6.75. The Bertz CT molecular complexity index is 298. The maximum Gasteiger partial charge on any atom is 2.00 e. The molecule has 0 atom stereocenters. The monoisotopic (exact) mass is 618 g/mol. The van der Waals surface area contributed by atoms with Gasteiger partial charge in [-0.05, 0) is 57.4 Å². The molecule has 0 saturated heterocycles. The van der Waals surface area contributed by atoms with Crippen molar-refractivity contribution in [1.82, 2.24) is 0 Å². The maximum atomic E-state index is 6.75. The van der Waals surface area contributed by atoms with Gasteiger partial charge in [0.15, 0.2) is 0 Å². The number of rotatable bonds is 6. The SMILES string of the molecule is CC[PH+](CC)CC.CC[PH+](CC)CC.[N-]=[N+]=[N-].[N-]=[N+]=[N-].[N-]=[N+]=[N-].[N-]=[N+]=[N-].[Pd+2].[Pd+2]. The topological polar surface area (TPSA) is 235 Å². The van der Waals surface area contributed by atoms with Crippen molar-refractivity contribution < 1.29 is 40.8 Å². The van der Waals surface area contributed by atoms with E-state index in [0.717, 1.165) is 0 Å². The molecule has 168 valence electrons. The van der Waals surface area contributed by atoms with Gasteiger partial charge in [0.05, 0.1) is 37.0 Å². The van der Waals surface area contributed by atoms with Gasteiger partial charge in [-0.25, -0.2) is 0 Å². The molecule has 12 nitrogen and oxygen atoms in total. The van der Waals surface area contributed by atoms with Gasteiger partial charge in [0.25, 0.3) is 0 Å². The summed E-state index contributed by atoms with van der Waals surface area (Å²) in [5.74, 6) is 0. The third-order valence-electron chi connectivity index (χ3n) is 3.00. The first kappa shape index (κ1) is 50.8. The van der Waals surface area contributed by atoms with Gasteiger partial charge in [0.1, 0.15) is 0 Å². The average Bonchev–Trinajstić information content (AvgIpc) is 2.61. The standard InChI is InChI=1S/2C6H15P.4N3.2Pd/c2*1-4-7(5-2)6-3;4*1-3-2;;/h2*4-6H2,1-3H3;;;;;;/q;;4*-1;2*+2/p+2. The zero-order chi connectivity index (χ0) is 22.2. The molecule has 0 aromatic rings. The summed E-state index contributed by atoms with van der Waals surface area (Å²) in [4.78, 5) is 6.00. The van der Waals surface area contributed by atoms with Crippen molar-refractivity contribution in [3.05, 3.63) is 63.9 Å². The molecule has 0 saturated carbocycles. The molecule has 0 fully saturated rings. The largest absolute Gasteiger partial charge is 2.00 e. The van der Waals surface area contributed by atoms with Crippen LogP contribution in [0.25, 0.3) is 63.9 Å². The van der Waals surface area contributed by atoms with E-state index in [2.05, 4.69) is 41.5 Å². The molecule has 0 radical (unpaired) electrons. The van der Waals surface area contributed by atoms with Crippen LogP contribution in [-0.2, 0) is 40.8 Å². The summed E-state index contributed by atoms with van der Waals surface area (Å²) < 4.78 is 0. The van der Waals surface area contributed by atoms with Crippen molar-refractivity contribution in [2.75, 3.05) is 37.0 Å². The van der Waals surface area contributed by atoms with E-state index >= 15 is 0 Å². The summed E-state index contributed by atoms with van der Waals surface area (Å²) in [7, 11) is 0.275. The Labute approximate surface area is 198 Å². The normalized spacial score (nSPS) is 6.29. The second-order valence-electron chi connectivity index (χ2n) is 3.98. The van der Waals surface area contributed by atoms with Gasteiger partial charge in [-0.2, -0.15) is 0 Å². The van der Waals surface area contributed by atoms with Crippen LogP contribution in [0.4, 0.5) is 0 Å². The van der Waals surface area contributed by atoms with E-state index in [9.17, 15) is 0 Å². The molecule has 0 aromatic carbocycles. The Morgan fingerprint density at radius 3 is 0.464 bits per heavy atom. The molecule has 28 heavy (non-hydrogen) atoms. The molecular formula is C12H32N12P2Pd2+2. The summed E-state index contributed by atoms with van der Waals surface area (Å²) >= 11 is 0. The predicted octanol–water partition coefficient (Wildman–Crippen LogP) is 7.98. The van der Waals surface area contributed by atoms with E-state index in [1.165, 1.54) is 56.6 Å².